The van der Waals surface area contributed by atoms with Crippen LogP contribution in [0.15, 0.2) is 34.7 Å². The summed E-state index contributed by atoms with van der Waals surface area (Å²) >= 11 is 5.64. The summed E-state index contributed by atoms with van der Waals surface area (Å²) in [6, 6.07) is 7.38. The van der Waals surface area contributed by atoms with Crippen LogP contribution in [-0.4, -0.2) is 33.4 Å². The van der Waals surface area contributed by atoms with Gasteiger partial charge in [-0.2, -0.15) is 13.2 Å². The lowest BCUT2D eigenvalue weighted by Crippen LogP contribution is -2.34. The van der Waals surface area contributed by atoms with Gasteiger partial charge in [0, 0.05) is 24.0 Å². The van der Waals surface area contributed by atoms with Gasteiger partial charge in [0.15, 0.2) is 5.69 Å². The van der Waals surface area contributed by atoms with Crippen LogP contribution in [0, 0.1) is 0 Å². The van der Waals surface area contributed by atoms with Crippen LogP contribution in [0.4, 0.5) is 30.5 Å². The number of pyridine rings is 1. The van der Waals surface area contributed by atoms with Gasteiger partial charge in [-0.05, 0) is 42.8 Å². The number of hydrogen-bond donors (Lipinski definition) is 3. The number of nitrogens with one attached hydrogen (secondary N) is 3. The molecule has 8 nitrogen and oxygen atoms in total. The van der Waals surface area contributed by atoms with Gasteiger partial charge in [-0.1, -0.05) is 0 Å². The molecule has 0 spiro atoms. The topological polar surface area (TPSA) is 105 Å². The number of benzene rings is 1. The molecule has 4 heterocycles. The van der Waals surface area contributed by atoms with Crippen LogP contribution in [0.2, 0.25) is 5.28 Å². The molecule has 1 aliphatic heterocycles. The lowest BCUT2D eigenvalue weighted by molar-refractivity contribution is -0.141. The molecule has 164 valence electrons. The summed E-state index contributed by atoms with van der Waals surface area (Å²) in [6.45, 7) is 2.40. The molecule has 0 fully saturated rings. The molecule has 1 aliphatic rings. The maximum Gasteiger partial charge on any atom is 0.433 e. The summed E-state index contributed by atoms with van der Waals surface area (Å²) in [7, 11) is 0. The molecule has 0 saturated carbocycles. The molecule has 12 heteroatoms. The number of hydrogen-bond acceptors (Lipinski definition) is 7. The van der Waals surface area contributed by atoms with Gasteiger partial charge < -0.3 is 20.4 Å². The van der Waals surface area contributed by atoms with Crippen molar-refractivity contribution in [2.24, 2.45) is 0 Å². The molecule has 5 rings (SSSR count). The third kappa shape index (κ3) is 3.54. The van der Waals surface area contributed by atoms with Crippen LogP contribution < -0.4 is 16.0 Å². The van der Waals surface area contributed by atoms with Gasteiger partial charge in [0.25, 0.3) is 5.91 Å². The van der Waals surface area contributed by atoms with Crippen molar-refractivity contribution < 1.29 is 22.4 Å². The average Bonchev–Trinajstić information content (AvgIpc) is 3.03. The molecule has 1 aromatic carbocycles. The van der Waals surface area contributed by atoms with E-state index >= 15 is 0 Å². The minimum Gasteiger partial charge on any atom is -0.449 e. The van der Waals surface area contributed by atoms with Crippen molar-refractivity contribution in [2.45, 2.75) is 19.1 Å². The van der Waals surface area contributed by atoms with E-state index in [4.69, 9.17) is 16.0 Å². The van der Waals surface area contributed by atoms with Crippen LogP contribution in [0.1, 0.15) is 23.2 Å². The van der Waals surface area contributed by atoms with Crippen molar-refractivity contribution in [1.29, 1.82) is 0 Å². The minimum absolute atomic E-state index is 0.0784. The van der Waals surface area contributed by atoms with Crippen molar-refractivity contribution in [2.75, 3.05) is 17.2 Å². The highest BCUT2D eigenvalue weighted by molar-refractivity contribution is 6.28. The molecule has 3 N–H and O–H groups in total. The van der Waals surface area contributed by atoms with Crippen LogP contribution in [0.5, 0.6) is 0 Å². The molecule has 32 heavy (non-hydrogen) atoms. The van der Waals surface area contributed by atoms with Crippen molar-refractivity contribution in [1.82, 2.24) is 20.3 Å². The van der Waals surface area contributed by atoms with E-state index in [-0.39, 0.29) is 29.3 Å². The predicted octanol–water partition coefficient (Wildman–Crippen LogP) is 4.73. The van der Waals surface area contributed by atoms with Gasteiger partial charge in [-0.3, -0.25) is 4.79 Å². The van der Waals surface area contributed by atoms with Gasteiger partial charge in [-0.25, -0.2) is 15.0 Å². The number of anilines is 3. The largest absolute Gasteiger partial charge is 0.449 e. The van der Waals surface area contributed by atoms with Gasteiger partial charge in [0.1, 0.15) is 17.2 Å². The van der Waals surface area contributed by atoms with E-state index in [0.717, 1.165) is 6.07 Å². The minimum atomic E-state index is -4.67. The quantitative estimate of drug-likeness (QED) is 0.370. The van der Waals surface area contributed by atoms with E-state index in [1.807, 2.05) is 6.92 Å². The fraction of sp³-hybridized carbons (Fsp3) is 0.200. The first kappa shape index (κ1) is 20.3. The highest BCUT2D eigenvalue weighted by Crippen LogP contribution is 2.37. The third-order valence-corrected chi connectivity index (χ3v) is 5.11. The Bertz CT molecular complexity index is 1390. The maximum atomic E-state index is 13.0. The van der Waals surface area contributed by atoms with Crippen LogP contribution >= 0.6 is 11.6 Å². The smallest absolute Gasteiger partial charge is 0.433 e. The first-order chi connectivity index (χ1) is 15.2. The standard InChI is InChI=1S/C20H14ClF3N6O2/c1-8-7-25-16-15-9-2-5-13(29-14-6-12(20(22,23)24)28-19(21)30-14)27-10(9)3-4-11(15)32-17(16)18(31)26-8/h2-6,8,25H,7H2,1H3,(H,26,31)(H,27,28,29,30)/t8-/m1/s1. The van der Waals surface area contributed by atoms with E-state index in [1.54, 1.807) is 24.3 Å². The number of alkyl halides is 3. The highest BCUT2D eigenvalue weighted by Gasteiger charge is 2.33. The average molecular weight is 463 g/mol. The Balaban J connectivity index is 1.57. The SMILES string of the molecule is C[C@@H]1CNc2c(oc3ccc4nc(Nc5cc(C(F)(F)F)nc(Cl)n5)ccc4c23)C(=O)N1. The zero-order chi connectivity index (χ0) is 22.6. The molecule has 1 atom stereocenters. The Morgan fingerprint density at radius 1 is 1.16 bits per heavy atom. The second kappa shape index (κ2) is 7.23. The number of rotatable bonds is 2. The lowest BCUT2D eigenvalue weighted by atomic mass is 10.1. The zero-order valence-electron chi connectivity index (χ0n) is 16.3. The van der Waals surface area contributed by atoms with Crippen LogP contribution in [0.3, 0.4) is 0 Å². The molecule has 0 radical (unpaired) electrons. The summed E-state index contributed by atoms with van der Waals surface area (Å²) < 4.78 is 44.8. The highest BCUT2D eigenvalue weighted by atomic mass is 35.5. The number of aromatic nitrogens is 3. The zero-order valence-corrected chi connectivity index (χ0v) is 17.1. The molecule has 4 aromatic rings. The van der Waals surface area contributed by atoms with Crippen molar-refractivity contribution in [3.05, 3.63) is 47.1 Å². The van der Waals surface area contributed by atoms with Crippen molar-refractivity contribution in [3.63, 3.8) is 0 Å². The number of carbonyl (C=O) groups is 1. The molecule has 0 aliphatic carbocycles. The summed E-state index contributed by atoms with van der Waals surface area (Å²) in [4.78, 5) is 23.9. The van der Waals surface area contributed by atoms with E-state index in [0.29, 0.717) is 34.1 Å². The molecule has 0 bridgehead atoms. The van der Waals surface area contributed by atoms with E-state index in [2.05, 4.69) is 30.9 Å². The molecular formula is C20H14ClF3N6O2. The number of halogens is 4. The van der Waals surface area contributed by atoms with E-state index < -0.39 is 17.2 Å². The fourth-order valence-electron chi connectivity index (χ4n) is 3.55. The van der Waals surface area contributed by atoms with Gasteiger partial charge in [0.2, 0.25) is 11.0 Å². The number of fused-ring (bicyclic) bond motifs is 5. The molecule has 3 aromatic heterocycles. The lowest BCUT2D eigenvalue weighted by Gasteiger charge is -2.11. The number of furan rings is 1. The van der Waals surface area contributed by atoms with E-state index in [1.165, 1.54) is 0 Å². The van der Waals surface area contributed by atoms with Crippen molar-refractivity contribution in [3.8, 4) is 0 Å². The Kier molecular flexibility index (Phi) is 4.59. The summed E-state index contributed by atoms with van der Waals surface area (Å²) in [6.07, 6.45) is -4.67. The number of amides is 1. The fourth-order valence-corrected chi connectivity index (χ4v) is 3.74. The van der Waals surface area contributed by atoms with Gasteiger partial charge in [0.05, 0.1) is 16.6 Å². The molecule has 0 saturated heterocycles. The van der Waals surface area contributed by atoms with Crippen LogP contribution in [-0.2, 0) is 6.18 Å². The van der Waals surface area contributed by atoms with Crippen molar-refractivity contribution >= 4 is 56.7 Å². The van der Waals surface area contributed by atoms with Crippen LogP contribution in [0.25, 0.3) is 21.9 Å². The summed E-state index contributed by atoms with van der Waals surface area (Å²) in [5, 5.41) is 9.68. The molecular weight excluding hydrogens is 449 g/mol. The first-order valence-corrected chi connectivity index (χ1v) is 9.86. The Morgan fingerprint density at radius 2 is 1.97 bits per heavy atom. The Morgan fingerprint density at radius 3 is 2.75 bits per heavy atom. The normalized spacial score (nSPS) is 16.4. The van der Waals surface area contributed by atoms with E-state index in [9.17, 15) is 18.0 Å². The molecule has 0 unspecified atom stereocenters. The maximum absolute atomic E-state index is 13.0. The summed E-state index contributed by atoms with van der Waals surface area (Å²) in [5.74, 6) is -0.00743. The molecule has 1 amide bonds. The monoisotopic (exact) mass is 462 g/mol. The number of carbonyl (C=O) groups excluding carboxylic acids is 1. The summed E-state index contributed by atoms with van der Waals surface area (Å²) in [5.41, 5.74) is 0.468. The Hall–Kier alpha value is -3.60. The van der Waals surface area contributed by atoms with Gasteiger partial charge >= 0.3 is 6.18 Å². The Labute approximate surface area is 183 Å². The predicted molar refractivity (Wildman–Crippen MR) is 112 cm³/mol. The second-order valence-electron chi connectivity index (χ2n) is 7.29. The number of nitrogens with zero attached hydrogens (tertiary/aromatic N) is 3. The third-order valence-electron chi connectivity index (χ3n) is 4.94. The second-order valence-corrected chi connectivity index (χ2v) is 7.63. The van der Waals surface area contributed by atoms with Gasteiger partial charge in [-0.15, -0.1) is 0 Å². The first-order valence-electron chi connectivity index (χ1n) is 9.49.